The number of benzene rings is 2. The number of likely N-dealkylation sites (tertiary alicyclic amines) is 1. The Balaban J connectivity index is 1.38. The molecule has 2 heterocycles. The summed E-state index contributed by atoms with van der Waals surface area (Å²) in [5.41, 5.74) is 1.37. The Bertz CT molecular complexity index is 1300. The molecule has 10 heteroatoms. The highest BCUT2D eigenvalue weighted by molar-refractivity contribution is 7.89. The Labute approximate surface area is 203 Å². The number of hydrogen-bond donors (Lipinski definition) is 2. The van der Waals surface area contributed by atoms with Gasteiger partial charge in [0.25, 0.3) is 11.8 Å². The Morgan fingerprint density at radius 1 is 1.09 bits per heavy atom. The Hall–Kier alpha value is -3.50. The molecule has 1 aromatic heterocycles. The normalized spacial score (nSPS) is 14.6. The monoisotopic (exact) mass is 499 g/mol. The van der Waals surface area contributed by atoms with Gasteiger partial charge < -0.3 is 14.6 Å². The van der Waals surface area contributed by atoms with Crippen LogP contribution in [-0.4, -0.2) is 44.3 Å². The van der Waals surface area contributed by atoms with E-state index in [1.54, 1.807) is 30.0 Å². The molecule has 0 aliphatic carbocycles. The molecule has 0 bridgehead atoms. The molecule has 0 atom stereocenters. The number of rotatable bonds is 7. The number of nitrogens with one attached hydrogen (secondary N) is 2. The van der Waals surface area contributed by atoms with E-state index in [9.17, 15) is 22.4 Å². The molecular formula is C25H26FN3O5S. The molecule has 8 nitrogen and oxygen atoms in total. The number of amides is 2. The van der Waals surface area contributed by atoms with Gasteiger partial charge in [0.15, 0.2) is 0 Å². The van der Waals surface area contributed by atoms with E-state index in [2.05, 4.69) is 10.0 Å². The van der Waals surface area contributed by atoms with Crippen LogP contribution in [0.2, 0.25) is 0 Å². The summed E-state index contributed by atoms with van der Waals surface area (Å²) in [4.78, 5) is 27.2. The van der Waals surface area contributed by atoms with Gasteiger partial charge in [0.2, 0.25) is 10.0 Å². The molecule has 0 spiro atoms. The van der Waals surface area contributed by atoms with Gasteiger partial charge in [-0.25, -0.2) is 17.5 Å². The van der Waals surface area contributed by atoms with Crippen LogP contribution in [0, 0.1) is 12.7 Å². The number of halogens is 1. The zero-order chi connectivity index (χ0) is 25.0. The fourth-order valence-corrected chi connectivity index (χ4v) is 4.95. The number of carbonyl (C=O) groups excluding carboxylic acids is 2. The molecule has 1 aliphatic heterocycles. The Morgan fingerprint density at radius 2 is 1.80 bits per heavy atom. The summed E-state index contributed by atoms with van der Waals surface area (Å²) >= 11 is 0. The molecule has 2 N–H and O–H groups in total. The molecule has 0 saturated carbocycles. The number of hydrogen-bond acceptors (Lipinski definition) is 5. The Morgan fingerprint density at radius 3 is 2.46 bits per heavy atom. The first-order valence-electron chi connectivity index (χ1n) is 11.2. The van der Waals surface area contributed by atoms with E-state index in [1.165, 1.54) is 42.7 Å². The molecule has 1 saturated heterocycles. The van der Waals surface area contributed by atoms with Crippen LogP contribution in [0.25, 0.3) is 0 Å². The van der Waals surface area contributed by atoms with E-state index >= 15 is 0 Å². The van der Waals surface area contributed by atoms with Gasteiger partial charge in [0.05, 0.1) is 17.7 Å². The van der Waals surface area contributed by atoms with Crippen molar-refractivity contribution in [1.82, 2.24) is 14.9 Å². The highest BCUT2D eigenvalue weighted by Crippen LogP contribution is 2.21. The van der Waals surface area contributed by atoms with E-state index in [1.807, 2.05) is 0 Å². The van der Waals surface area contributed by atoms with Gasteiger partial charge in [-0.2, -0.15) is 0 Å². The zero-order valence-electron chi connectivity index (χ0n) is 19.2. The summed E-state index contributed by atoms with van der Waals surface area (Å²) in [6.45, 7) is 2.60. The fraction of sp³-hybridized carbons (Fsp3) is 0.280. The third-order valence-corrected chi connectivity index (χ3v) is 7.39. The molecule has 0 unspecified atom stereocenters. The minimum atomic E-state index is -3.84. The van der Waals surface area contributed by atoms with Crippen LogP contribution in [0.15, 0.2) is 70.2 Å². The maximum absolute atomic E-state index is 13.2. The average Bonchev–Trinajstić information content (AvgIpc) is 3.37. The number of nitrogens with zero attached hydrogens (tertiary/aromatic N) is 1. The van der Waals surface area contributed by atoms with E-state index in [0.717, 1.165) is 0 Å². The second-order valence-electron chi connectivity index (χ2n) is 8.43. The van der Waals surface area contributed by atoms with Crippen LogP contribution < -0.4 is 10.0 Å². The SMILES string of the molecule is Cc1ccc(S(=O)(=O)NCc2ccco2)cc1C(=O)N1CCC(NC(=O)c2ccc(F)cc2)CC1. The fourth-order valence-electron chi connectivity index (χ4n) is 3.93. The van der Waals surface area contributed by atoms with Gasteiger partial charge in [0.1, 0.15) is 11.6 Å². The molecular weight excluding hydrogens is 473 g/mol. The van der Waals surface area contributed by atoms with Crippen LogP contribution in [-0.2, 0) is 16.6 Å². The van der Waals surface area contributed by atoms with Gasteiger partial charge in [-0.1, -0.05) is 6.07 Å². The molecule has 35 heavy (non-hydrogen) atoms. The molecule has 2 amide bonds. The van der Waals surface area contributed by atoms with Gasteiger partial charge in [-0.3, -0.25) is 9.59 Å². The van der Waals surface area contributed by atoms with Gasteiger partial charge in [-0.15, -0.1) is 0 Å². The van der Waals surface area contributed by atoms with Crippen molar-refractivity contribution in [1.29, 1.82) is 0 Å². The van der Waals surface area contributed by atoms with Crippen LogP contribution in [0.5, 0.6) is 0 Å². The van der Waals surface area contributed by atoms with Crippen LogP contribution >= 0.6 is 0 Å². The lowest BCUT2D eigenvalue weighted by Crippen LogP contribution is -2.46. The number of piperidine rings is 1. The van der Waals surface area contributed by atoms with E-state index in [-0.39, 0.29) is 29.3 Å². The van der Waals surface area contributed by atoms with Crippen molar-refractivity contribution >= 4 is 21.8 Å². The summed E-state index contributed by atoms with van der Waals surface area (Å²) < 4.78 is 46.2. The lowest BCUT2D eigenvalue weighted by molar-refractivity contribution is 0.0697. The van der Waals surface area contributed by atoms with Crippen molar-refractivity contribution in [2.45, 2.75) is 37.2 Å². The predicted octanol–water partition coefficient (Wildman–Crippen LogP) is 3.24. The highest BCUT2D eigenvalue weighted by Gasteiger charge is 2.27. The van der Waals surface area contributed by atoms with Crippen molar-refractivity contribution in [3.63, 3.8) is 0 Å². The maximum atomic E-state index is 13.2. The molecule has 1 fully saturated rings. The summed E-state index contributed by atoms with van der Waals surface area (Å²) in [7, 11) is -3.84. The number of aryl methyl sites for hydroxylation is 1. The second-order valence-corrected chi connectivity index (χ2v) is 10.2. The summed E-state index contributed by atoms with van der Waals surface area (Å²) in [5.74, 6) is -0.473. The minimum absolute atomic E-state index is 0.000506. The van der Waals surface area contributed by atoms with Crippen molar-refractivity contribution in [2.24, 2.45) is 0 Å². The third kappa shape index (κ3) is 5.95. The van der Waals surface area contributed by atoms with E-state index in [0.29, 0.717) is 48.4 Å². The minimum Gasteiger partial charge on any atom is -0.468 e. The standard InChI is InChI=1S/C25H26FN3O5S/c1-17-4-9-22(35(32,33)27-16-21-3-2-14-34-21)15-23(17)25(31)29-12-10-20(11-13-29)28-24(30)18-5-7-19(26)8-6-18/h2-9,14-15,20,27H,10-13,16H2,1H3,(H,28,30). The van der Waals surface area contributed by atoms with Crippen molar-refractivity contribution in [2.75, 3.05) is 13.1 Å². The van der Waals surface area contributed by atoms with Gasteiger partial charge in [0, 0.05) is 30.3 Å². The molecule has 0 radical (unpaired) electrons. The topological polar surface area (TPSA) is 109 Å². The summed E-state index contributed by atoms with van der Waals surface area (Å²) in [5, 5.41) is 2.93. The van der Waals surface area contributed by atoms with Crippen LogP contribution in [0.1, 0.15) is 44.9 Å². The molecule has 4 rings (SSSR count). The number of furan rings is 1. The molecule has 2 aromatic carbocycles. The van der Waals surface area contributed by atoms with Crippen LogP contribution in [0.3, 0.4) is 0 Å². The molecule has 3 aromatic rings. The second kappa shape index (κ2) is 10.4. The zero-order valence-corrected chi connectivity index (χ0v) is 20.0. The van der Waals surface area contributed by atoms with E-state index in [4.69, 9.17) is 4.42 Å². The molecule has 1 aliphatic rings. The molecule has 184 valence electrons. The maximum Gasteiger partial charge on any atom is 0.254 e. The summed E-state index contributed by atoms with van der Waals surface area (Å²) in [6.07, 6.45) is 2.57. The predicted molar refractivity (Wildman–Crippen MR) is 127 cm³/mol. The first-order valence-corrected chi connectivity index (χ1v) is 12.7. The third-order valence-electron chi connectivity index (χ3n) is 5.99. The van der Waals surface area contributed by atoms with Crippen molar-refractivity contribution in [3.05, 3.63) is 89.1 Å². The average molecular weight is 500 g/mol. The van der Waals surface area contributed by atoms with E-state index < -0.39 is 15.8 Å². The lowest BCUT2D eigenvalue weighted by Gasteiger charge is -2.33. The van der Waals surface area contributed by atoms with Crippen molar-refractivity contribution < 1.29 is 26.8 Å². The first kappa shape index (κ1) is 24.6. The highest BCUT2D eigenvalue weighted by atomic mass is 32.2. The van der Waals surface area contributed by atoms with Gasteiger partial charge in [-0.05, 0) is 73.9 Å². The number of carbonyl (C=O) groups is 2. The number of sulfonamides is 1. The quantitative estimate of drug-likeness (QED) is 0.519. The van der Waals surface area contributed by atoms with Gasteiger partial charge >= 0.3 is 0 Å². The lowest BCUT2D eigenvalue weighted by atomic mass is 10.0. The first-order chi connectivity index (χ1) is 16.7. The van der Waals surface area contributed by atoms with Crippen LogP contribution in [0.4, 0.5) is 4.39 Å². The largest absolute Gasteiger partial charge is 0.468 e. The van der Waals surface area contributed by atoms with Crippen molar-refractivity contribution in [3.8, 4) is 0 Å². The summed E-state index contributed by atoms with van der Waals surface area (Å²) in [6, 6.07) is 13.0. The Kier molecular flexibility index (Phi) is 7.32. The smallest absolute Gasteiger partial charge is 0.254 e.